The second-order valence-corrected chi connectivity index (χ2v) is 6.70. The van der Waals surface area contributed by atoms with Crippen molar-refractivity contribution in [3.8, 4) is 0 Å². The van der Waals surface area contributed by atoms with Crippen LogP contribution in [0.2, 0.25) is 0 Å². The molecule has 8 heteroatoms. The van der Waals surface area contributed by atoms with Crippen LogP contribution < -0.4 is 16.0 Å². The Hall–Kier alpha value is -3.68. The molecule has 2 aromatic heterocycles. The maximum atomic E-state index is 12.8. The lowest BCUT2D eigenvalue weighted by atomic mass is 10.2. The number of benzene rings is 1. The van der Waals surface area contributed by atoms with Gasteiger partial charge >= 0.3 is 0 Å². The van der Waals surface area contributed by atoms with E-state index in [0.717, 1.165) is 12.8 Å². The highest BCUT2D eigenvalue weighted by Gasteiger charge is 2.27. The van der Waals surface area contributed by atoms with Crippen molar-refractivity contribution >= 4 is 34.6 Å². The second-order valence-electron chi connectivity index (χ2n) is 6.70. The number of pyridine rings is 1. The van der Waals surface area contributed by atoms with Gasteiger partial charge in [0.05, 0.1) is 5.52 Å². The zero-order chi connectivity index (χ0) is 19.7. The summed E-state index contributed by atoms with van der Waals surface area (Å²) in [4.78, 5) is 40.6. The van der Waals surface area contributed by atoms with E-state index in [-0.39, 0.29) is 29.4 Å². The van der Waals surface area contributed by atoms with E-state index in [2.05, 4.69) is 20.9 Å². The molecular weight excluding hydrogens is 358 g/mol. The van der Waals surface area contributed by atoms with Crippen molar-refractivity contribution in [1.29, 1.82) is 0 Å². The van der Waals surface area contributed by atoms with Gasteiger partial charge in [-0.1, -0.05) is 6.07 Å². The molecule has 3 aromatic rings. The average molecular weight is 377 g/mol. The molecule has 1 saturated carbocycles. The second kappa shape index (κ2) is 7.15. The van der Waals surface area contributed by atoms with Crippen LogP contribution in [0.5, 0.6) is 0 Å². The first-order valence-electron chi connectivity index (χ1n) is 8.98. The van der Waals surface area contributed by atoms with E-state index < -0.39 is 5.91 Å². The minimum atomic E-state index is -0.415. The zero-order valence-corrected chi connectivity index (χ0v) is 15.2. The highest BCUT2D eigenvalue weighted by atomic mass is 16.2. The van der Waals surface area contributed by atoms with E-state index in [9.17, 15) is 14.4 Å². The third-order valence-electron chi connectivity index (χ3n) is 4.34. The minimum absolute atomic E-state index is 0.168. The number of aromatic nitrogens is 2. The first-order valence-corrected chi connectivity index (χ1v) is 8.98. The van der Waals surface area contributed by atoms with Crippen LogP contribution in [0, 0.1) is 0 Å². The summed E-state index contributed by atoms with van der Waals surface area (Å²) in [6.07, 6.45) is 3.65. The van der Waals surface area contributed by atoms with Crippen molar-refractivity contribution in [2.24, 2.45) is 0 Å². The van der Waals surface area contributed by atoms with Crippen LogP contribution in [0.1, 0.15) is 40.9 Å². The summed E-state index contributed by atoms with van der Waals surface area (Å²) in [5, 5.41) is 8.34. The Kier molecular flexibility index (Phi) is 4.52. The van der Waals surface area contributed by atoms with E-state index in [1.54, 1.807) is 53.1 Å². The third-order valence-corrected chi connectivity index (χ3v) is 4.34. The molecule has 0 radical (unpaired) electrons. The molecule has 4 rings (SSSR count). The predicted octanol–water partition coefficient (Wildman–Crippen LogP) is 2.44. The summed E-state index contributed by atoms with van der Waals surface area (Å²) in [6, 6.07) is 12.3. The Morgan fingerprint density at radius 1 is 0.964 bits per heavy atom. The molecule has 0 atom stereocenters. The zero-order valence-electron chi connectivity index (χ0n) is 15.2. The van der Waals surface area contributed by atoms with Crippen molar-refractivity contribution in [3.05, 3.63) is 60.2 Å². The number of anilines is 2. The fourth-order valence-electron chi connectivity index (χ4n) is 2.87. The molecule has 8 nitrogen and oxygen atoms in total. The number of amides is 3. The largest absolute Gasteiger partial charge is 0.347 e. The topological polar surface area (TPSA) is 105 Å². The van der Waals surface area contributed by atoms with Crippen molar-refractivity contribution in [2.45, 2.75) is 25.8 Å². The average Bonchev–Trinajstić information content (AvgIpc) is 3.39. The maximum Gasteiger partial charge on any atom is 0.287 e. The summed E-state index contributed by atoms with van der Waals surface area (Å²) in [5.74, 6) is -0.684. The highest BCUT2D eigenvalue weighted by Crippen LogP contribution is 2.21. The van der Waals surface area contributed by atoms with Crippen molar-refractivity contribution in [3.63, 3.8) is 0 Å². The van der Waals surface area contributed by atoms with Crippen molar-refractivity contribution in [2.75, 3.05) is 10.6 Å². The van der Waals surface area contributed by atoms with Crippen LogP contribution in [0.3, 0.4) is 0 Å². The lowest BCUT2D eigenvalue weighted by molar-refractivity contribution is -0.114. The Bertz CT molecular complexity index is 1070. The van der Waals surface area contributed by atoms with Gasteiger partial charge in [-0.3, -0.25) is 18.8 Å². The molecule has 0 aliphatic heterocycles. The predicted molar refractivity (Wildman–Crippen MR) is 104 cm³/mol. The standard InChI is InChI=1S/C20H19N5O3/c1-12(26)21-13-5-7-14(8-6-13)22-19(27)17-16-4-2-3-11-25(16)18(24-17)20(28)23-15-9-10-15/h2-8,11,15H,9-10H2,1H3,(H,21,26)(H,22,27)(H,23,28). The molecule has 0 bridgehead atoms. The number of hydrogen-bond acceptors (Lipinski definition) is 4. The van der Waals surface area contributed by atoms with E-state index in [1.807, 2.05) is 0 Å². The van der Waals surface area contributed by atoms with Gasteiger partial charge in [0, 0.05) is 30.5 Å². The first-order chi connectivity index (χ1) is 13.5. The van der Waals surface area contributed by atoms with Gasteiger partial charge in [-0.05, 0) is 49.2 Å². The Balaban J connectivity index is 1.58. The monoisotopic (exact) mass is 377 g/mol. The molecule has 1 fully saturated rings. The minimum Gasteiger partial charge on any atom is -0.347 e. The number of carbonyl (C=O) groups is 3. The first kappa shape index (κ1) is 17.7. The summed E-state index contributed by atoms with van der Waals surface area (Å²) in [6.45, 7) is 1.43. The number of fused-ring (bicyclic) bond motifs is 1. The van der Waals surface area contributed by atoms with Gasteiger partial charge in [-0.25, -0.2) is 4.98 Å². The molecule has 1 aliphatic rings. The van der Waals surface area contributed by atoms with Gasteiger partial charge in [0.1, 0.15) is 0 Å². The number of rotatable bonds is 5. The van der Waals surface area contributed by atoms with Crippen LogP contribution in [-0.2, 0) is 4.79 Å². The molecule has 1 aliphatic carbocycles. The summed E-state index contributed by atoms with van der Waals surface area (Å²) in [5.41, 5.74) is 1.92. The Labute approximate surface area is 161 Å². The summed E-state index contributed by atoms with van der Waals surface area (Å²) >= 11 is 0. The molecule has 28 heavy (non-hydrogen) atoms. The van der Waals surface area contributed by atoms with Crippen LogP contribution in [-0.4, -0.2) is 33.1 Å². The van der Waals surface area contributed by atoms with Gasteiger partial charge < -0.3 is 16.0 Å². The number of nitrogens with zero attached hydrogens (tertiary/aromatic N) is 2. The Morgan fingerprint density at radius 3 is 2.29 bits per heavy atom. The number of carbonyl (C=O) groups excluding carboxylic acids is 3. The lowest BCUT2D eigenvalue weighted by Gasteiger charge is -2.06. The molecule has 1 aromatic carbocycles. The number of nitrogens with one attached hydrogen (secondary N) is 3. The van der Waals surface area contributed by atoms with Crippen LogP contribution in [0.25, 0.3) is 5.52 Å². The number of imidazole rings is 1. The quantitative estimate of drug-likeness (QED) is 0.635. The summed E-state index contributed by atoms with van der Waals surface area (Å²) < 4.78 is 1.62. The normalized spacial score (nSPS) is 13.2. The van der Waals surface area contributed by atoms with Gasteiger partial charge in [0.2, 0.25) is 11.7 Å². The smallest absolute Gasteiger partial charge is 0.287 e. The fraction of sp³-hybridized carbons (Fsp3) is 0.200. The maximum absolute atomic E-state index is 12.8. The number of hydrogen-bond donors (Lipinski definition) is 3. The molecule has 0 saturated heterocycles. The van der Waals surface area contributed by atoms with Crippen LogP contribution >= 0.6 is 0 Å². The van der Waals surface area contributed by atoms with Crippen molar-refractivity contribution < 1.29 is 14.4 Å². The molecule has 3 N–H and O–H groups in total. The lowest BCUT2D eigenvalue weighted by Crippen LogP contribution is -2.27. The van der Waals surface area contributed by atoms with Crippen LogP contribution in [0.15, 0.2) is 48.7 Å². The molecule has 0 spiro atoms. The Morgan fingerprint density at radius 2 is 1.64 bits per heavy atom. The van der Waals surface area contributed by atoms with Crippen molar-refractivity contribution in [1.82, 2.24) is 14.7 Å². The molecule has 0 unspecified atom stereocenters. The third kappa shape index (κ3) is 3.71. The van der Waals surface area contributed by atoms with Gasteiger partial charge in [0.25, 0.3) is 11.8 Å². The molecular formula is C20H19N5O3. The van der Waals surface area contributed by atoms with Gasteiger partial charge in [-0.2, -0.15) is 0 Å². The van der Waals surface area contributed by atoms with Gasteiger partial charge in [-0.15, -0.1) is 0 Å². The molecule has 2 heterocycles. The van der Waals surface area contributed by atoms with E-state index >= 15 is 0 Å². The van der Waals surface area contributed by atoms with E-state index in [0.29, 0.717) is 16.9 Å². The molecule has 3 amide bonds. The highest BCUT2D eigenvalue weighted by molar-refractivity contribution is 6.09. The SMILES string of the molecule is CC(=O)Nc1ccc(NC(=O)c2nc(C(=O)NC3CC3)n3ccccc23)cc1. The van der Waals surface area contributed by atoms with E-state index in [4.69, 9.17) is 0 Å². The molecule has 142 valence electrons. The van der Waals surface area contributed by atoms with E-state index in [1.165, 1.54) is 6.92 Å². The fourth-order valence-corrected chi connectivity index (χ4v) is 2.87. The summed E-state index contributed by atoms with van der Waals surface area (Å²) in [7, 11) is 0. The van der Waals surface area contributed by atoms with Crippen LogP contribution in [0.4, 0.5) is 11.4 Å². The van der Waals surface area contributed by atoms with Gasteiger partial charge in [0.15, 0.2) is 5.69 Å².